The average molecular weight is 405 g/mol. The van der Waals surface area contributed by atoms with Gasteiger partial charge in [0.05, 0.1) is 16.5 Å². The molecule has 10 heteroatoms. The number of rotatable bonds is 5. The second kappa shape index (κ2) is 7.45. The largest absolute Gasteiger partial charge is 0.338 e. The fraction of sp³-hybridized carbons (Fsp3) is 0.0625. The minimum atomic E-state index is 0.422. The Morgan fingerprint density at radius 1 is 1.04 bits per heavy atom. The topological polar surface area (TPSA) is 82.5 Å². The van der Waals surface area contributed by atoms with Gasteiger partial charge in [0, 0.05) is 10.6 Å². The summed E-state index contributed by atoms with van der Waals surface area (Å²) in [5.74, 6) is 1.39. The van der Waals surface area contributed by atoms with E-state index in [0.29, 0.717) is 38.4 Å². The first kappa shape index (κ1) is 17.0. The van der Waals surface area contributed by atoms with Gasteiger partial charge in [0.1, 0.15) is 0 Å². The van der Waals surface area contributed by atoms with E-state index in [0.717, 1.165) is 5.56 Å². The normalized spacial score (nSPS) is 11.0. The van der Waals surface area contributed by atoms with Crippen LogP contribution in [-0.4, -0.2) is 30.3 Å². The minimum Gasteiger partial charge on any atom is -0.338 e. The Balaban J connectivity index is 1.50. The van der Waals surface area contributed by atoms with Crippen LogP contribution in [0.1, 0.15) is 5.89 Å². The molecule has 0 atom stereocenters. The van der Waals surface area contributed by atoms with E-state index in [1.807, 2.05) is 30.3 Å². The smallest absolute Gasteiger partial charge is 0.237 e. The molecule has 26 heavy (non-hydrogen) atoms. The van der Waals surface area contributed by atoms with Gasteiger partial charge in [-0.2, -0.15) is 9.67 Å². The zero-order chi connectivity index (χ0) is 17.9. The molecule has 0 radical (unpaired) electrons. The highest BCUT2D eigenvalue weighted by Crippen LogP contribution is 2.26. The molecule has 0 amide bonds. The molecule has 0 saturated carbocycles. The predicted octanol–water partition coefficient (Wildman–Crippen LogP) is 4.31. The van der Waals surface area contributed by atoms with Crippen LogP contribution in [0.25, 0.3) is 17.1 Å². The van der Waals surface area contributed by atoms with E-state index in [1.165, 1.54) is 11.8 Å². The van der Waals surface area contributed by atoms with Crippen molar-refractivity contribution in [2.45, 2.75) is 10.9 Å². The van der Waals surface area contributed by atoms with Crippen LogP contribution in [-0.2, 0) is 5.75 Å². The zero-order valence-corrected chi connectivity index (χ0v) is 15.4. The van der Waals surface area contributed by atoms with Crippen LogP contribution >= 0.6 is 35.0 Å². The van der Waals surface area contributed by atoms with Crippen LogP contribution in [0, 0.1) is 0 Å². The quantitative estimate of drug-likeness (QED) is 0.458. The van der Waals surface area contributed by atoms with Crippen LogP contribution in [0.4, 0.5) is 0 Å². The Hall–Kier alpha value is -2.42. The summed E-state index contributed by atoms with van der Waals surface area (Å²) in [6.07, 6.45) is 0. The van der Waals surface area contributed by atoms with Gasteiger partial charge in [-0.25, -0.2) is 0 Å². The maximum absolute atomic E-state index is 6.21. The molecule has 0 unspecified atom stereocenters. The third-order valence-electron chi connectivity index (χ3n) is 3.42. The number of hydrogen-bond donors (Lipinski definition) is 0. The van der Waals surface area contributed by atoms with E-state index in [9.17, 15) is 0 Å². The zero-order valence-electron chi connectivity index (χ0n) is 13.1. The van der Waals surface area contributed by atoms with Crippen molar-refractivity contribution in [1.29, 1.82) is 0 Å². The van der Waals surface area contributed by atoms with Crippen LogP contribution in [0.2, 0.25) is 10.0 Å². The lowest BCUT2D eigenvalue weighted by Gasteiger charge is -2.04. The molecule has 4 rings (SSSR count). The van der Waals surface area contributed by atoms with E-state index in [1.54, 1.807) is 22.9 Å². The molecular weight excluding hydrogens is 395 g/mol. The summed E-state index contributed by atoms with van der Waals surface area (Å²) >= 11 is 13.5. The van der Waals surface area contributed by atoms with Crippen LogP contribution in [0.15, 0.2) is 58.2 Å². The molecule has 0 aliphatic carbocycles. The lowest BCUT2D eigenvalue weighted by molar-refractivity contribution is 0.391. The number of halogens is 2. The van der Waals surface area contributed by atoms with E-state index < -0.39 is 0 Å². The Morgan fingerprint density at radius 2 is 1.85 bits per heavy atom. The van der Waals surface area contributed by atoms with Crippen molar-refractivity contribution < 1.29 is 4.52 Å². The predicted molar refractivity (Wildman–Crippen MR) is 98.5 cm³/mol. The summed E-state index contributed by atoms with van der Waals surface area (Å²) in [7, 11) is 0. The molecule has 0 bridgehead atoms. The molecule has 0 N–H and O–H groups in total. The standard InChI is InChI=1S/C16H10Cl2N6OS/c17-11-7-5-10(6-8-11)15-19-14(25-21-15)9-26-16-20-22-23-24(16)13-4-2-1-3-12(13)18/h1-8H,9H2. The SMILES string of the molecule is Clc1ccc(-c2noc(CSc3nnnn3-c3ccccc3Cl)n2)cc1. The summed E-state index contributed by atoms with van der Waals surface area (Å²) in [6, 6.07) is 14.6. The van der Waals surface area contributed by atoms with E-state index in [2.05, 4.69) is 25.7 Å². The minimum absolute atomic E-state index is 0.422. The lowest BCUT2D eigenvalue weighted by atomic mass is 10.2. The highest BCUT2D eigenvalue weighted by molar-refractivity contribution is 7.98. The molecule has 0 spiro atoms. The number of tetrazole rings is 1. The molecule has 130 valence electrons. The summed E-state index contributed by atoms with van der Waals surface area (Å²) in [4.78, 5) is 4.38. The van der Waals surface area contributed by atoms with Gasteiger partial charge in [0.15, 0.2) is 0 Å². The van der Waals surface area contributed by atoms with Crippen molar-refractivity contribution in [3.05, 3.63) is 64.5 Å². The molecular formula is C16H10Cl2N6OS. The summed E-state index contributed by atoms with van der Waals surface area (Å²) in [5, 5.41) is 17.5. The van der Waals surface area contributed by atoms with Crippen LogP contribution < -0.4 is 0 Å². The van der Waals surface area contributed by atoms with Crippen LogP contribution in [0.5, 0.6) is 0 Å². The lowest BCUT2D eigenvalue weighted by Crippen LogP contribution is -1.99. The van der Waals surface area contributed by atoms with Crippen molar-refractivity contribution in [1.82, 2.24) is 30.3 Å². The highest BCUT2D eigenvalue weighted by Gasteiger charge is 2.14. The molecule has 0 fully saturated rings. The van der Waals surface area contributed by atoms with Gasteiger partial charge in [-0.1, -0.05) is 52.3 Å². The fourth-order valence-electron chi connectivity index (χ4n) is 2.20. The van der Waals surface area contributed by atoms with Gasteiger partial charge in [0.25, 0.3) is 0 Å². The van der Waals surface area contributed by atoms with Crippen molar-refractivity contribution in [3.63, 3.8) is 0 Å². The molecule has 0 saturated heterocycles. The summed E-state index contributed by atoms with van der Waals surface area (Å²) in [6.45, 7) is 0. The van der Waals surface area contributed by atoms with Crippen molar-refractivity contribution >= 4 is 35.0 Å². The number of hydrogen-bond acceptors (Lipinski definition) is 7. The Kier molecular flexibility index (Phi) is 4.87. The first-order valence-corrected chi connectivity index (χ1v) is 9.19. The third kappa shape index (κ3) is 3.57. The van der Waals surface area contributed by atoms with E-state index >= 15 is 0 Å². The van der Waals surface area contributed by atoms with Gasteiger partial charge in [-0.3, -0.25) is 0 Å². The van der Waals surface area contributed by atoms with Gasteiger partial charge in [-0.15, -0.1) is 5.10 Å². The maximum atomic E-state index is 6.21. The number of nitrogens with zero attached hydrogens (tertiary/aromatic N) is 6. The second-order valence-electron chi connectivity index (χ2n) is 5.13. The Labute approximate surface area is 162 Å². The van der Waals surface area contributed by atoms with E-state index in [-0.39, 0.29) is 0 Å². The maximum Gasteiger partial charge on any atom is 0.237 e. The van der Waals surface area contributed by atoms with E-state index in [4.69, 9.17) is 27.7 Å². The second-order valence-corrected chi connectivity index (χ2v) is 6.92. The summed E-state index contributed by atoms with van der Waals surface area (Å²) < 4.78 is 6.87. The van der Waals surface area contributed by atoms with Gasteiger partial charge >= 0.3 is 0 Å². The van der Waals surface area contributed by atoms with Gasteiger partial charge in [-0.05, 0) is 46.8 Å². The highest BCUT2D eigenvalue weighted by atomic mass is 35.5. The van der Waals surface area contributed by atoms with Gasteiger partial charge in [0.2, 0.25) is 16.9 Å². The molecule has 0 aliphatic heterocycles. The van der Waals surface area contributed by atoms with Gasteiger partial charge < -0.3 is 4.52 Å². The third-order valence-corrected chi connectivity index (χ3v) is 4.89. The molecule has 0 aliphatic rings. The first-order chi connectivity index (χ1) is 12.7. The number of thioether (sulfide) groups is 1. The molecule has 2 heterocycles. The first-order valence-electron chi connectivity index (χ1n) is 7.45. The number of aromatic nitrogens is 6. The Morgan fingerprint density at radius 3 is 2.65 bits per heavy atom. The van der Waals surface area contributed by atoms with Crippen molar-refractivity contribution in [2.24, 2.45) is 0 Å². The van der Waals surface area contributed by atoms with Crippen LogP contribution in [0.3, 0.4) is 0 Å². The fourth-order valence-corrected chi connectivity index (χ4v) is 3.26. The monoisotopic (exact) mass is 404 g/mol. The number of para-hydroxylation sites is 1. The molecule has 2 aromatic carbocycles. The molecule has 7 nitrogen and oxygen atoms in total. The van der Waals surface area contributed by atoms with Crippen molar-refractivity contribution in [3.8, 4) is 17.1 Å². The molecule has 4 aromatic rings. The van der Waals surface area contributed by atoms with Crippen molar-refractivity contribution in [2.75, 3.05) is 0 Å². The number of benzene rings is 2. The average Bonchev–Trinajstić information content (AvgIpc) is 3.30. The molecule has 2 aromatic heterocycles. The summed E-state index contributed by atoms with van der Waals surface area (Å²) in [5.41, 5.74) is 1.53. The Bertz CT molecular complexity index is 1030.